The number of hydrogen-bond donors (Lipinski definition) is 1. The van der Waals surface area contributed by atoms with E-state index in [2.05, 4.69) is 37.9 Å². The molecular weight excluding hydrogens is 457 g/mol. The number of anilines is 1. The standard InChI is InChI=1S/C20H14IN3OS/c1-12-2-3-13-4-5-15(10-17(13)22-12)19(25)24-20-23-18(11-26-20)14-6-8-16(21)9-7-14/h2-11H,1H3,(H,23,24,25). The van der Waals surface area contributed by atoms with Crippen LogP contribution in [0.5, 0.6) is 0 Å². The number of carbonyl (C=O) groups excluding carboxylic acids is 1. The Morgan fingerprint density at radius 1 is 1.04 bits per heavy atom. The highest BCUT2D eigenvalue weighted by Crippen LogP contribution is 2.26. The van der Waals surface area contributed by atoms with Crippen LogP contribution in [0, 0.1) is 10.5 Å². The average molecular weight is 471 g/mol. The van der Waals surface area contributed by atoms with Gasteiger partial charge in [-0.15, -0.1) is 11.3 Å². The van der Waals surface area contributed by atoms with Crippen molar-refractivity contribution in [3.63, 3.8) is 0 Å². The smallest absolute Gasteiger partial charge is 0.257 e. The molecule has 0 aliphatic rings. The maximum absolute atomic E-state index is 12.6. The molecule has 0 saturated carbocycles. The summed E-state index contributed by atoms with van der Waals surface area (Å²) in [6.45, 7) is 1.94. The van der Waals surface area contributed by atoms with E-state index in [1.807, 2.05) is 66.9 Å². The second-order valence-electron chi connectivity index (χ2n) is 5.86. The number of pyridine rings is 1. The highest BCUT2D eigenvalue weighted by molar-refractivity contribution is 14.1. The largest absolute Gasteiger partial charge is 0.298 e. The molecule has 1 N–H and O–H groups in total. The number of halogens is 1. The molecule has 0 unspecified atom stereocenters. The first kappa shape index (κ1) is 17.1. The van der Waals surface area contributed by atoms with E-state index in [-0.39, 0.29) is 5.91 Å². The van der Waals surface area contributed by atoms with Crippen LogP contribution in [0.15, 0.2) is 60.0 Å². The van der Waals surface area contributed by atoms with Crippen molar-refractivity contribution in [1.82, 2.24) is 9.97 Å². The van der Waals surface area contributed by atoms with Gasteiger partial charge in [-0.25, -0.2) is 4.98 Å². The normalized spacial score (nSPS) is 10.8. The lowest BCUT2D eigenvalue weighted by Crippen LogP contribution is -2.11. The zero-order valence-electron chi connectivity index (χ0n) is 13.9. The van der Waals surface area contributed by atoms with Crippen LogP contribution in [-0.2, 0) is 0 Å². The number of rotatable bonds is 3. The molecule has 0 fully saturated rings. The van der Waals surface area contributed by atoms with Crippen molar-refractivity contribution in [2.45, 2.75) is 6.92 Å². The van der Waals surface area contributed by atoms with E-state index in [1.54, 1.807) is 0 Å². The van der Waals surface area contributed by atoms with Crippen LogP contribution in [0.2, 0.25) is 0 Å². The quantitative estimate of drug-likeness (QED) is 0.400. The molecule has 2 heterocycles. The first-order valence-corrected chi connectivity index (χ1v) is 9.94. The van der Waals surface area contributed by atoms with Gasteiger partial charge < -0.3 is 0 Å². The molecule has 0 radical (unpaired) electrons. The molecule has 4 aromatic rings. The molecule has 0 aliphatic carbocycles. The molecule has 6 heteroatoms. The summed E-state index contributed by atoms with van der Waals surface area (Å²) in [7, 11) is 0. The molecule has 0 aliphatic heterocycles. The third-order valence-corrected chi connectivity index (χ3v) is 5.44. The number of nitrogens with zero attached hydrogens (tertiary/aromatic N) is 2. The molecule has 1 amide bonds. The van der Waals surface area contributed by atoms with Crippen LogP contribution in [0.3, 0.4) is 0 Å². The molecule has 128 valence electrons. The van der Waals surface area contributed by atoms with Crippen molar-refractivity contribution >= 4 is 55.9 Å². The zero-order chi connectivity index (χ0) is 18.1. The number of aromatic nitrogens is 2. The maximum Gasteiger partial charge on any atom is 0.257 e. The van der Waals surface area contributed by atoms with Crippen molar-refractivity contribution in [2.75, 3.05) is 5.32 Å². The van der Waals surface area contributed by atoms with E-state index < -0.39 is 0 Å². The summed E-state index contributed by atoms with van der Waals surface area (Å²) in [5.41, 5.74) is 4.21. The second kappa shape index (κ2) is 7.13. The van der Waals surface area contributed by atoms with Gasteiger partial charge in [-0.3, -0.25) is 15.1 Å². The lowest BCUT2D eigenvalue weighted by atomic mass is 10.1. The van der Waals surface area contributed by atoms with E-state index in [1.165, 1.54) is 14.9 Å². The summed E-state index contributed by atoms with van der Waals surface area (Å²) < 4.78 is 1.18. The van der Waals surface area contributed by atoms with Gasteiger partial charge >= 0.3 is 0 Å². The molecule has 2 aromatic heterocycles. The Kier molecular flexibility index (Phi) is 4.69. The average Bonchev–Trinajstić information content (AvgIpc) is 3.10. The fourth-order valence-corrected chi connectivity index (χ4v) is 3.69. The van der Waals surface area contributed by atoms with Crippen molar-refractivity contribution < 1.29 is 4.79 Å². The first-order valence-electron chi connectivity index (χ1n) is 7.99. The molecular formula is C20H14IN3OS. The van der Waals surface area contributed by atoms with Crippen molar-refractivity contribution in [3.8, 4) is 11.3 Å². The minimum absolute atomic E-state index is 0.182. The number of nitrogens with one attached hydrogen (secondary N) is 1. The molecule has 2 aromatic carbocycles. The van der Waals surface area contributed by atoms with E-state index in [0.29, 0.717) is 10.7 Å². The summed E-state index contributed by atoms with van der Waals surface area (Å²) in [6, 6.07) is 17.6. The predicted octanol–water partition coefficient (Wildman–Crippen LogP) is 5.52. The number of carbonyl (C=O) groups is 1. The number of amides is 1. The van der Waals surface area contributed by atoms with E-state index >= 15 is 0 Å². The van der Waals surface area contributed by atoms with Crippen LogP contribution >= 0.6 is 33.9 Å². The first-order chi connectivity index (χ1) is 12.6. The van der Waals surface area contributed by atoms with Crippen molar-refractivity contribution in [2.24, 2.45) is 0 Å². The molecule has 26 heavy (non-hydrogen) atoms. The number of thiazole rings is 1. The van der Waals surface area contributed by atoms with E-state index in [0.717, 1.165) is 27.9 Å². The number of benzene rings is 2. The Balaban J connectivity index is 1.56. The minimum Gasteiger partial charge on any atom is -0.298 e. The Hall–Kier alpha value is -2.32. The molecule has 0 saturated heterocycles. The molecule has 0 spiro atoms. The fourth-order valence-electron chi connectivity index (χ4n) is 2.61. The fraction of sp³-hybridized carbons (Fsp3) is 0.0500. The molecule has 4 nitrogen and oxygen atoms in total. The van der Waals surface area contributed by atoms with Crippen LogP contribution in [0.4, 0.5) is 5.13 Å². The Bertz CT molecular complexity index is 1110. The van der Waals surface area contributed by atoms with Gasteiger partial charge in [-0.05, 0) is 59.8 Å². The third-order valence-electron chi connectivity index (χ3n) is 3.96. The van der Waals surface area contributed by atoms with Crippen molar-refractivity contribution in [3.05, 3.63) is 74.8 Å². The van der Waals surface area contributed by atoms with Gasteiger partial charge in [0.25, 0.3) is 5.91 Å². The van der Waals surface area contributed by atoms with Crippen LogP contribution in [0.25, 0.3) is 22.2 Å². The predicted molar refractivity (Wildman–Crippen MR) is 115 cm³/mol. The molecule has 0 bridgehead atoms. The van der Waals surface area contributed by atoms with Crippen molar-refractivity contribution in [1.29, 1.82) is 0 Å². The highest BCUT2D eigenvalue weighted by Gasteiger charge is 2.11. The number of fused-ring (bicyclic) bond motifs is 1. The maximum atomic E-state index is 12.6. The summed E-state index contributed by atoms with van der Waals surface area (Å²) >= 11 is 3.69. The third kappa shape index (κ3) is 3.61. The Labute approximate surface area is 168 Å². The van der Waals surface area contributed by atoms with Gasteiger partial charge in [0, 0.05) is 31.2 Å². The SMILES string of the molecule is Cc1ccc2ccc(C(=O)Nc3nc(-c4ccc(I)cc4)cs3)cc2n1. The molecule has 4 rings (SSSR count). The summed E-state index contributed by atoms with van der Waals surface area (Å²) in [5.74, 6) is -0.182. The van der Waals surface area contributed by atoms with Crippen LogP contribution < -0.4 is 5.32 Å². The monoisotopic (exact) mass is 471 g/mol. The lowest BCUT2D eigenvalue weighted by molar-refractivity contribution is 0.102. The van der Waals surface area contributed by atoms with Gasteiger partial charge in [0.1, 0.15) is 0 Å². The van der Waals surface area contributed by atoms with Gasteiger partial charge in [0.15, 0.2) is 5.13 Å². The number of hydrogen-bond acceptors (Lipinski definition) is 4. The van der Waals surface area contributed by atoms with Gasteiger partial charge in [0.05, 0.1) is 11.2 Å². The molecule has 0 atom stereocenters. The lowest BCUT2D eigenvalue weighted by Gasteiger charge is -2.04. The Morgan fingerprint density at radius 3 is 2.62 bits per heavy atom. The van der Waals surface area contributed by atoms with Gasteiger partial charge in [-0.1, -0.05) is 24.3 Å². The van der Waals surface area contributed by atoms with E-state index in [4.69, 9.17) is 0 Å². The summed E-state index contributed by atoms with van der Waals surface area (Å²) in [6.07, 6.45) is 0. The highest BCUT2D eigenvalue weighted by atomic mass is 127. The second-order valence-corrected chi connectivity index (χ2v) is 7.96. The van der Waals surface area contributed by atoms with Crippen LogP contribution in [-0.4, -0.2) is 15.9 Å². The minimum atomic E-state index is -0.182. The Morgan fingerprint density at radius 2 is 1.81 bits per heavy atom. The zero-order valence-corrected chi connectivity index (χ0v) is 16.8. The van der Waals surface area contributed by atoms with E-state index in [9.17, 15) is 4.79 Å². The van der Waals surface area contributed by atoms with Crippen LogP contribution in [0.1, 0.15) is 16.1 Å². The summed E-state index contributed by atoms with van der Waals surface area (Å²) in [5, 5.41) is 6.43. The van der Waals surface area contributed by atoms with Gasteiger partial charge in [-0.2, -0.15) is 0 Å². The summed E-state index contributed by atoms with van der Waals surface area (Å²) in [4.78, 5) is 21.6. The number of aryl methyl sites for hydroxylation is 1. The topological polar surface area (TPSA) is 54.9 Å². The van der Waals surface area contributed by atoms with Gasteiger partial charge in [0.2, 0.25) is 0 Å².